The number of ketones is 1. The van der Waals surface area contributed by atoms with Gasteiger partial charge in [-0.05, 0) is 73.1 Å². The first-order valence-electron chi connectivity index (χ1n) is 16.3. The number of unbranched alkanes of at least 4 members (excludes halogenated alkanes) is 2. The monoisotopic (exact) mass is 696 g/mol. The molecule has 260 valence electrons. The summed E-state index contributed by atoms with van der Waals surface area (Å²) in [6.07, 6.45) is -2.16. The molecule has 1 atom stereocenters. The number of sulfonamides is 1. The van der Waals surface area contributed by atoms with Crippen LogP contribution in [0.1, 0.15) is 55.7 Å². The zero-order valence-electron chi connectivity index (χ0n) is 27.1. The van der Waals surface area contributed by atoms with E-state index in [4.69, 9.17) is 0 Å². The first kappa shape index (κ1) is 35.8. The topological polar surface area (TPSA) is 128 Å². The molecule has 3 aromatic carbocycles. The van der Waals surface area contributed by atoms with Crippen LogP contribution >= 0.6 is 0 Å². The van der Waals surface area contributed by atoms with Crippen LogP contribution in [0.2, 0.25) is 0 Å². The fourth-order valence-corrected chi connectivity index (χ4v) is 7.48. The lowest BCUT2D eigenvalue weighted by atomic mass is 10.00. The molecule has 49 heavy (non-hydrogen) atoms. The normalized spacial score (nSPS) is 14.0. The SMILES string of the molecule is CC(=O)CCCCC[C@H](NS(=O)(=O)c1ccc2c(c1)CN(C(=O)C(F)(F)F)CC2)C(=O)NCCc1c(-c2ccccc2)[nH]c2ccccc12. The first-order valence-corrected chi connectivity index (χ1v) is 17.7. The van der Waals surface area contributed by atoms with Crippen LogP contribution in [-0.2, 0) is 43.8 Å². The highest BCUT2D eigenvalue weighted by Crippen LogP contribution is 2.31. The molecule has 5 rings (SSSR count). The molecule has 1 aliphatic rings. The highest BCUT2D eigenvalue weighted by molar-refractivity contribution is 7.89. The number of hydrogen-bond acceptors (Lipinski definition) is 5. The third-order valence-electron chi connectivity index (χ3n) is 8.72. The number of rotatable bonds is 14. The van der Waals surface area contributed by atoms with Gasteiger partial charge in [0.15, 0.2) is 0 Å². The van der Waals surface area contributed by atoms with Crippen molar-refractivity contribution >= 4 is 38.5 Å². The van der Waals surface area contributed by atoms with Crippen molar-refractivity contribution in [2.45, 2.75) is 75.5 Å². The number of benzene rings is 3. The standard InChI is InChI=1S/C36H39F3N4O5S/c1-24(44)10-4-2-7-15-32(42-49(47,48)28-17-16-25-19-21-43(23-27(25)22-28)35(46)36(37,38)39)34(45)40-20-18-30-29-13-8-9-14-31(29)41-33(30)26-11-5-3-6-12-26/h3,5-6,8-9,11-14,16-17,22,32,41-42H,2,4,7,10,15,18-21,23H2,1H3,(H,40,45)/t32-/m0/s1. The van der Waals surface area contributed by atoms with Crippen LogP contribution in [0.15, 0.2) is 77.7 Å². The van der Waals surface area contributed by atoms with Crippen molar-refractivity contribution in [2.75, 3.05) is 13.1 Å². The maximum Gasteiger partial charge on any atom is 0.471 e. The van der Waals surface area contributed by atoms with Crippen LogP contribution in [0.4, 0.5) is 13.2 Å². The molecular formula is C36H39F3N4O5S. The lowest BCUT2D eigenvalue weighted by Crippen LogP contribution is -2.47. The number of carbonyl (C=O) groups is 3. The number of carbonyl (C=O) groups excluding carboxylic acids is 3. The average Bonchev–Trinajstić information content (AvgIpc) is 3.45. The molecule has 0 saturated carbocycles. The smallest absolute Gasteiger partial charge is 0.354 e. The third kappa shape index (κ3) is 8.95. The molecule has 2 amide bonds. The molecule has 13 heteroatoms. The average molecular weight is 697 g/mol. The van der Waals surface area contributed by atoms with Crippen LogP contribution in [0, 0.1) is 0 Å². The Labute approximate surface area is 283 Å². The molecule has 0 unspecified atom stereocenters. The fraction of sp³-hybridized carbons (Fsp3) is 0.361. The number of alkyl halides is 3. The lowest BCUT2D eigenvalue weighted by molar-refractivity contribution is -0.186. The minimum atomic E-state index is -5.04. The van der Waals surface area contributed by atoms with Crippen LogP contribution in [0.3, 0.4) is 0 Å². The van der Waals surface area contributed by atoms with Gasteiger partial charge >= 0.3 is 12.1 Å². The van der Waals surface area contributed by atoms with Crippen LogP contribution in [-0.4, -0.2) is 61.2 Å². The molecule has 1 aliphatic heterocycles. The van der Waals surface area contributed by atoms with E-state index in [2.05, 4.69) is 15.0 Å². The van der Waals surface area contributed by atoms with Crippen LogP contribution < -0.4 is 10.0 Å². The highest BCUT2D eigenvalue weighted by atomic mass is 32.2. The predicted octanol–water partition coefficient (Wildman–Crippen LogP) is 5.83. The van der Waals surface area contributed by atoms with E-state index in [-0.39, 0.29) is 43.2 Å². The Morgan fingerprint density at radius 3 is 2.41 bits per heavy atom. The van der Waals surface area contributed by atoms with Gasteiger partial charge < -0.3 is 20.0 Å². The number of H-pyrrole nitrogens is 1. The quantitative estimate of drug-likeness (QED) is 0.143. The van der Waals surface area contributed by atoms with Gasteiger partial charge in [0.1, 0.15) is 11.8 Å². The number of halogens is 3. The number of amides is 2. The Bertz CT molecular complexity index is 1930. The zero-order chi connectivity index (χ0) is 35.2. The molecule has 3 N–H and O–H groups in total. The Morgan fingerprint density at radius 2 is 1.67 bits per heavy atom. The Kier molecular flexibility index (Phi) is 11.2. The fourth-order valence-electron chi connectivity index (χ4n) is 6.20. The summed E-state index contributed by atoms with van der Waals surface area (Å²) in [5.74, 6) is -2.45. The highest BCUT2D eigenvalue weighted by Gasteiger charge is 2.43. The Balaban J connectivity index is 1.31. The van der Waals surface area contributed by atoms with Gasteiger partial charge in [0, 0.05) is 42.7 Å². The number of Topliss-reactive ketones (excluding diaryl/α,β-unsaturated/α-hetero) is 1. The van der Waals surface area contributed by atoms with E-state index in [1.165, 1.54) is 25.1 Å². The molecule has 0 radical (unpaired) electrons. The van der Waals surface area contributed by atoms with E-state index >= 15 is 0 Å². The summed E-state index contributed by atoms with van der Waals surface area (Å²) in [4.78, 5) is 40.7. The molecule has 0 aliphatic carbocycles. The summed E-state index contributed by atoms with van der Waals surface area (Å²) in [5, 5.41) is 3.91. The molecule has 0 saturated heterocycles. The second-order valence-electron chi connectivity index (χ2n) is 12.3. The van der Waals surface area contributed by atoms with E-state index in [9.17, 15) is 36.0 Å². The maximum atomic E-state index is 13.6. The Hall–Kier alpha value is -4.49. The summed E-state index contributed by atoms with van der Waals surface area (Å²) >= 11 is 0. The van der Waals surface area contributed by atoms with Gasteiger partial charge in [-0.1, -0.05) is 67.4 Å². The minimum absolute atomic E-state index is 0.0463. The zero-order valence-corrected chi connectivity index (χ0v) is 27.9. The summed E-state index contributed by atoms with van der Waals surface area (Å²) in [6, 6.07) is 20.7. The second-order valence-corrected chi connectivity index (χ2v) is 14.0. The van der Waals surface area contributed by atoms with Crippen LogP contribution in [0.25, 0.3) is 22.2 Å². The van der Waals surface area contributed by atoms with Crippen molar-refractivity contribution < 1.29 is 36.0 Å². The van der Waals surface area contributed by atoms with Gasteiger partial charge in [-0.2, -0.15) is 17.9 Å². The van der Waals surface area contributed by atoms with Gasteiger partial charge in [-0.25, -0.2) is 8.42 Å². The van der Waals surface area contributed by atoms with Gasteiger partial charge in [-0.3, -0.25) is 9.59 Å². The second kappa shape index (κ2) is 15.4. The summed E-state index contributed by atoms with van der Waals surface area (Å²) in [6.45, 7) is 1.21. The van der Waals surface area contributed by atoms with E-state index in [1.54, 1.807) is 0 Å². The number of aromatic amines is 1. The van der Waals surface area contributed by atoms with Gasteiger partial charge in [-0.15, -0.1) is 0 Å². The van der Waals surface area contributed by atoms with Crippen molar-refractivity contribution in [1.82, 2.24) is 19.9 Å². The number of aromatic nitrogens is 1. The minimum Gasteiger partial charge on any atom is -0.354 e. The van der Waals surface area contributed by atoms with Gasteiger partial charge in [0.05, 0.1) is 4.90 Å². The molecule has 9 nitrogen and oxygen atoms in total. The summed E-state index contributed by atoms with van der Waals surface area (Å²) in [5.41, 5.74) is 4.83. The number of nitrogens with one attached hydrogen (secondary N) is 3. The van der Waals surface area contributed by atoms with Crippen LogP contribution in [0.5, 0.6) is 0 Å². The van der Waals surface area contributed by atoms with E-state index < -0.39 is 34.1 Å². The lowest BCUT2D eigenvalue weighted by Gasteiger charge is -2.29. The maximum absolute atomic E-state index is 13.6. The predicted molar refractivity (Wildman–Crippen MR) is 180 cm³/mol. The van der Waals surface area contributed by atoms with E-state index in [0.717, 1.165) is 27.7 Å². The number of nitrogens with zero attached hydrogens (tertiary/aromatic N) is 1. The van der Waals surface area contributed by atoms with Crippen molar-refractivity contribution in [1.29, 1.82) is 0 Å². The van der Waals surface area contributed by atoms with Crippen molar-refractivity contribution in [3.05, 3.63) is 89.5 Å². The van der Waals surface area contributed by atoms with E-state index in [0.29, 0.717) is 48.1 Å². The van der Waals surface area contributed by atoms with Crippen molar-refractivity contribution in [3.63, 3.8) is 0 Å². The molecule has 1 aromatic heterocycles. The largest absolute Gasteiger partial charge is 0.471 e. The number of para-hydroxylation sites is 1. The van der Waals surface area contributed by atoms with E-state index in [1.807, 2.05) is 54.6 Å². The molecule has 4 aromatic rings. The molecule has 0 bridgehead atoms. The number of hydrogen-bond donors (Lipinski definition) is 3. The summed E-state index contributed by atoms with van der Waals surface area (Å²) < 4.78 is 68.9. The summed E-state index contributed by atoms with van der Waals surface area (Å²) in [7, 11) is -4.30. The van der Waals surface area contributed by atoms with Crippen molar-refractivity contribution in [2.24, 2.45) is 0 Å². The Morgan fingerprint density at radius 1 is 0.939 bits per heavy atom. The molecule has 2 heterocycles. The third-order valence-corrected chi connectivity index (χ3v) is 10.2. The van der Waals surface area contributed by atoms with Crippen molar-refractivity contribution in [3.8, 4) is 11.3 Å². The molecule has 0 spiro atoms. The number of fused-ring (bicyclic) bond motifs is 2. The first-order chi connectivity index (χ1) is 23.3. The molecule has 0 fully saturated rings. The van der Waals surface area contributed by atoms with Gasteiger partial charge in [0.25, 0.3) is 0 Å². The van der Waals surface area contributed by atoms with Gasteiger partial charge in [0.2, 0.25) is 15.9 Å². The molecular weight excluding hydrogens is 657 g/mol.